The minimum Gasteiger partial charge on any atom is -0.481 e. The summed E-state index contributed by atoms with van der Waals surface area (Å²) in [7, 11) is 0. The molecule has 1 saturated carbocycles. The lowest BCUT2D eigenvalue weighted by Crippen LogP contribution is -2.43. The maximum atomic E-state index is 12.5. The van der Waals surface area contributed by atoms with Gasteiger partial charge in [0.25, 0.3) is 0 Å². The Morgan fingerprint density at radius 3 is 2.62 bits per heavy atom. The van der Waals surface area contributed by atoms with Crippen LogP contribution in [-0.2, 0) is 9.59 Å². The first-order valence-corrected chi connectivity index (χ1v) is 8.27. The highest BCUT2D eigenvalue weighted by molar-refractivity contribution is 5.78. The van der Waals surface area contributed by atoms with Crippen molar-refractivity contribution in [2.45, 2.75) is 59.3 Å². The fraction of sp³-hybridized carbons (Fsp3) is 0.882. The molecular weight excluding hydrogens is 266 g/mol. The van der Waals surface area contributed by atoms with E-state index in [4.69, 9.17) is 5.11 Å². The number of carboxylic acid groups (broad SMARTS) is 1. The SMILES string of the molecule is CC1CC(CC(=O)N2CCCC(C(=O)O)C2)CC(C)(C)C1. The molecule has 4 nitrogen and oxygen atoms in total. The molecule has 1 aliphatic heterocycles. The van der Waals surface area contributed by atoms with Crippen LogP contribution in [0, 0.1) is 23.2 Å². The van der Waals surface area contributed by atoms with Gasteiger partial charge in [0.05, 0.1) is 5.92 Å². The Balaban J connectivity index is 1.90. The smallest absolute Gasteiger partial charge is 0.308 e. The lowest BCUT2D eigenvalue weighted by molar-refractivity contribution is -0.146. The Labute approximate surface area is 127 Å². The van der Waals surface area contributed by atoms with Crippen molar-refractivity contribution in [1.29, 1.82) is 0 Å². The second kappa shape index (κ2) is 6.37. The van der Waals surface area contributed by atoms with Crippen LogP contribution in [0.1, 0.15) is 59.3 Å². The molecule has 21 heavy (non-hydrogen) atoms. The predicted molar refractivity (Wildman–Crippen MR) is 81.8 cm³/mol. The highest BCUT2D eigenvalue weighted by Gasteiger charge is 2.35. The average molecular weight is 295 g/mol. The van der Waals surface area contributed by atoms with Gasteiger partial charge < -0.3 is 10.0 Å². The lowest BCUT2D eigenvalue weighted by atomic mass is 9.67. The van der Waals surface area contributed by atoms with E-state index in [0.29, 0.717) is 36.6 Å². The Morgan fingerprint density at radius 1 is 1.29 bits per heavy atom. The quantitative estimate of drug-likeness (QED) is 0.870. The van der Waals surface area contributed by atoms with Gasteiger partial charge in [0.1, 0.15) is 0 Å². The largest absolute Gasteiger partial charge is 0.481 e. The van der Waals surface area contributed by atoms with Crippen LogP contribution >= 0.6 is 0 Å². The average Bonchev–Trinajstić information content (AvgIpc) is 2.36. The van der Waals surface area contributed by atoms with Crippen molar-refractivity contribution >= 4 is 11.9 Å². The molecule has 0 aromatic heterocycles. The molecule has 3 atom stereocenters. The molecule has 1 amide bonds. The number of carbonyl (C=O) groups is 2. The molecule has 2 aliphatic rings. The molecule has 120 valence electrons. The van der Waals surface area contributed by atoms with Crippen LogP contribution in [0.4, 0.5) is 0 Å². The van der Waals surface area contributed by atoms with Gasteiger partial charge in [-0.1, -0.05) is 20.8 Å². The second-order valence-electron chi connectivity index (χ2n) is 8.00. The molecule has 0 aromatic carbocycles. The zero-order valence-electron chi connectivity index (χ0n) is 13.6. The fourth-order valence-corrected chi connectivity index (χ4v) is 4.48. The molecule has 4 heteroatoms. The van der Waals surface area contributed by atoms with Crippen molar-refractivity contribution in [3.05, 3.63) is 0 Å². The maximum absolute atomic E-state index is 12.5. The third-order valence-electron chi connectivity index (χ3n) is 5.06. The van der Waals surface area contributed by atoms with Gasteiger partial charge in [-0.15, -0.1) is 0 Å². The summed E-state index contributed by atoms with van der Waals surface area (Å²) in [5, 5.41) is 9.12. The van der Waals surface area contributed by atoms with Gasteiger partial charge in [-0.25, -0.2) is 0 Å². The summed E-state index contributed by atoms with van der Waals surface area (Å²) in [5.41, 5.74) is 0.327. The van der Waals surface area contributed by atoms with Crippen LogP contribution in [0.5, 0.6) is 0 Å². The molecule has 1 aliphatic carbocycles. The molecule has 0 spiro atoms. The van der Waals surface area contributed by atoms with E-state index in [1.54, 1.807) is 4.90 Å². The van der Waals surface area contributed by atoms with Gasteiger partial charge >= 0.3 is 5.97 Å². The van der Waals surface area contributed by atoms with Crippen molar-refractivity contribution in [3.63, 3.8) is 0 Å². The van der Waals surface area contributed by atoms with E-state index < -0.39 is 5.97 Å². The molecule has 1 saturated heterocycles. The van der Waals surface area contributed by atoms with E-state index in [1.165, 1.54) is 6.42 Å². The van der Waals surface area contributed by atoms with E-state index in [0.717, 1.165) is 25.8 Å². The topological polar surface area (TPSA) is 57.6 Å². The van der Waals surface area contributed by atoms with Crippen molar-refractivity contribution in [1.82, 2.24) is 4.90 Å². The molecule has 2 rings (SSSR count). The van der Waals surface area contributed by atoms with Crippen LogP contribution in [0.2, 0.25) is 0 Å². The molecule has 1 heterocycles. The van der Waals surface area contributed by atoms with Crippen molar-refractivity contribution < 1.29 is 14.7 Å². The van der Waals surface area contributed by atoms with Crippen LogP contribution < -0.4 is 0 Å². The number of aliphatic carboxylic acids is 1. The number of amides is 1. The molecule has 0 radical (unpaired) electrons. The lowest BCUT2D eigenvalue weighted by Gasteiger charge is -2.40. The molecule has 0 bridgehead atoms. The molecular formula is C17H29NO3. The van der Waals surface area contributed by atoms with Crippen molar-refractivity contribution in [2.24, 2.45) is 23.2 Å². The number of piperidine rings is 1. The third kappa shape index (κ3) is 4.45. The summed E-state index contributed by atoms with van der Waals surface area (Å²) in [6.45, 7) is 8.00. The van der Waals surface area contributed by atoms with E-state index in [2.05, 4.69) is 20.8 Å². The van der Waals surface area contributed by atoms with Gasteiger partial charge in [0.2, 0.25) is 5.91 Å². The first kappa shape index (κ1) is 16.3. The van der Waals surface area contributed by atoms with Crippen LogP contribution in [0.15, 0.2) is 0 Å². The summed E-state index contributed by atoms with van der Waals surface area (Å²) in [4.78, 5) is 25.4. The number of rotatable bonds is 3. The molecule has 3 unspecified atom stereocenters. The first-order chi connectivity index (χ1) is 9.77. The Morgan fingerprint density at radius 2 is 2.00 bits per heavy atom. The third-order valence-corrected chi connectivity index (χ3v) is 5.06. The molecule has 1 N–H and O–H groups in total. The highest BCUT2D eigenvalue weighted by Crippen LogP contribution is 2.43. The van der Waals surface area contributed by atoms with E-state index >= 15 is 0 Å². The fourth-order valence-electron chi connectivity index (χ4n) is 4.48. The summed E-state index contributed by atoms with van der Waals surface area (Å²) in [6.07, 6.45) is 5.59. The van der Waals surface area contributed by atoms with Gasteiger partial charge in [-0.05, 0) is 49.4 Å². The van der Waals surface area contributed by atoms with Crippen molar-refractivity contribution in [2.75, 3.05) is 13.1 Å². The molecule has 2 fully saturated rings. The summed E-state index contributed by atoms with van der Waals surface area (Å²) >= 11 is 0. The number of carboxylic acids is 1. The Kier molecular flexibility index (Phi) is 4.95. The Hall–Kier alpha value is -1.06. The number of hydrogen-bond acceptors (Lipinski definition) is 2. The monoisotopic (exact) mass is 295 g/mol. The van der Waals surface area contributed by atoms with E-state index in [-0.39, 0.29) is 11.8 Å². The maximum Gasteiger partial charge on any atom is 0.308 e. The first-order valence-electron chi connectivity index (χ1n) is 8.27. The van der Waals surface area contributed by atoms with Crippen LogP contribution in [0.25, 0.3) is 0 Å². The number of nitrogens with zero attached hydrogens (tertiary/aromatic N) is 1. The summed E-state index contributed by atoms with van der Waals surface area (Å²) in [6, 6.07) is 0. The van der Waals surface area contributed by atoms with E-state index in [9.17, 15) is 9.59 Å². The van der Waals surface area contributed by atoms with E-state index in [1.807, 2.05) is 0 Å². The summed E-state index contributed by atoms with van der Waals surface area (Å²) < 4.78 is 0. The van der Waals surface area contributed by atoms with Crippen molar-refractivity contribution in [3.8, 4) is 0 Å². The highest BCUT2D eigenvalue weighted by atomic mass is 16.4. The van der Waals surface area contributed by atoms with Gasteiger partial charge in [0.15, 0.2) is 0 Å². The minimum atomic E-state index is -0.764. The summed E-state index contributed by atoms with van der Waals surface area (Å²) in [5.74, 6) is 0.168. The predicted octanol–water partition coefficient (Wildman–Crippen LogP) is 3.16. The normalized spacial score (nSPS) is 32.7. The second-order valence-corrected chi connectivity index (χ2v) is 8.00. The zero-order chi connectivity index (χ0) is 15.6. The number of carbonyl (C=O) groups excluding carboxylic acids is 1. The van der Waals surface area contributed by atoms with Crippen LogP contribution in [0.3, 0.4) is 0 Å². The standard InChI is InChI=1S/C17H29NO3/c1-12-7-13(10-17(2,3)9-12)8-15(19)18-6-4-5-14(11-18)16(20)21/h12-14H,4-11H2,1-3H3,(H,20,21). The number of likely N-dealkylation sites (tertiary alicyclic amines) is 1. The van der Waals surface area contributed by atoms with Crippen LogP contribution in [-0.4, -0.2) is 35.0 Å². The zero-order valence-corrected chi connectivity index (χ0v) is 13.6. The van der Waals surface area contributed by atoms with Gasteiger partial charge in [0, 0.05) is 19.5 Å². The molecule has 0 aromatic rings. The Bertz CT molecular complexity index is 405. The minimum absolute atomic E-state index is 0.163. The van der Waals surface area contributed by atoms with Gasteiger partial charge in [-0.3, -0.25) is 9.59 Å². The van der Waals surface area contributed by atoms with Gasteiger partial charge in [-0.2, -0.15) is 0 Å². The number of hydrogen-bond donors (Lipinski definition) is 1.